The first kappa shape index (κ1) is 48.7. The van der Waals surface area contributed by atoms with Crippen molar-refractivity contribution < 1.29 is 9.47 Å². The number of aryl methyl sites for hydroxylation is 2. The molecule has 1 aliphatic rings. The number of hydrogen-bond donors (Lipinski definition) is 0. The third-order valence-corrected chi connectivity index (χ3v) is 15.6. The van der Waals surface area contributed by atoms with E-state index in [4.69, 9.17) is 19.4 Å². The topological polar surface area (TPSA) is 44.2 Å². The average Bonchev–Trinajstić information content (AvgIpc) is 4.01. The standard InChI is InChI=1S/C57H78N2O2S2/c1-9-15-19-21-33-57(34-22-20-16-10-2)50-35-41(7)25-30-48(50)49-31-27-45(36-51(49)57)54-32-29-47(63-54)38-53-56(61-40-44(14-6)24-18-12-4)58-52(37-46-28-26-42(8)62-46)55(59-53)60-39-43(13-5)23-17-11-3/h25-32,35-38,43-44H,9-24,33-34,39-40H2,1-8H3/b52-37-,53-38-. The number of hydrogen-bond acceptors (Lipinski definition) is 6. The molecule has 5 aromatic rings. The molecule has 63 heavy (non-hydrogen) atoms. The van der Waals surface area contributed by atoms with Crippen molar-refractivity contribution in [2.45, 2.75) is 176 Å². The van der Waals surface area contributed by atoms with Crippen LogP contribution in [-0.4, -0.2) is 23.2 Å². The van der Waals surface area contributed by atoms with Gasteiger partial charge in [0.15, 0.2) is 0 Å². The van der Waals surface area contributed by atoms with Gasteiger partial charge in [0.2, 0.25) is 11.8 Å². The largest absolute Gasteiger partial charge is 0.476 e. The minimum Gasteiger partial charge on any atom is -0.476 e. The molecule has 0 spiro atoms. The summed E-state index contributed by atoms with van der Waals surface area (Å²) in [5, 5.41) is 1.48. The van der Waals surface area contributed by atoms with Crippen molar-refractivity contribution in [2.24, 2.45) is 11.8 Å². The normalized spacial score (nSPS) is 14.5. The molecule has 3 heterocycles. The Kier molecular flexibility index (Phi) is 19.0. The van der Waals surface area contributed by atoms with Crippen molar-refractivity contribution in [1.29, 1.82) is 0 Å². The molecule has 1 aliphatic carbocycles. The summed E-state index contributed by atoms with van der Waals surface area (Å²) < 4.78 is 13.4. The predicted octanol–water partition coefficient (Wildman–Crippen LogP) is 15.9. The number of ether oxygens (including phenoxy) is 2. The number of fused-ring (bicyclic) bond motifs is 3. The summed E-state index contributed by atoms with van der Waals surface area (Å²) in [7, 11) is 0. The molecule has 3 aromatic heterocycles. The van der Waals surface area contributed by atoms with Crippen LogP contribution in [0.2, 0.25) is 0 Å². The fourth-order valence-electron chi connectivity index (χ4n) is 9.54. The molecule has 0 N–H and O–H groups in total. The van der Waals surface area contributed by atoms with Crippen LogP contribution in [0, 0.1) is 25.7 Å². The maximum atomic E-state index is 6.72. The summed E-state index contributed by atoms with van der Waals surface area (Å²) in [6, 6.07) is 23.5. The second-order valence-electron chi connectivity index (χ2n) is 18.5. The van der Waals surface area contributed by atoms with Crippen LogP contribution in [0.15, 0.2) is 60.7 Å². The van der Waals surface area contributed by atoms with Gasteiger partial charge in [-0.25, -0.2) is 9.97 Å². The van der Waals surface area contributed by atoms with E-state index < -0.39 is 0 Å². The smallest absolute Gasteiger partial charge is 0.240 e. The Balaban J connectivity index is 1.42. The quantitative estimate of drug-likeness (QED) is 0.0493. The summed E-state index contributed by atoms with van der Waals surface area (Å²) in [6.45, 7) is 19.4. The van der Waals surface area contributed by atoms with Gasteiger partial charge in [-0.1, -0.05) is 167 Å². The van der Waals surface area contributed by atoms with Crippen LogP contribution in [-0.2, 0) is 5.41 Å². The number of unbranched alkanes of at least 4 members (excludes halogenated alkanes) is 8. The zero-order valence-electron chi connectivity index (χ0n) is 40.3. The van der Waals surface area contributed by atoms with Crippen LogP contribution in [0.1, 0.15) is 188 Å². The van der Waals surface area contributed by atoms with E-state index >= 15 is 0 Å². The minimum absolute atomic E-state index is 0.0556. The van der Waals surface area contributed by atoms with E-state index in [0.29, 0.717) is 36.8 Å². The van der Waals surface area contributed by atoms with E-state index in [0.717, 1.165) is 46.1 Å². The van der Waals surface area contributed by atoms with Crippen LogP contribution in [0.5, 0.6) is 11.8 Å². The average molecular weight is 887 g/mol. The molecule has 0 saturated carbocycles. The number of benzene rings is 2. The van der Waals surface area contributed by atoms with Gasteiger partial charge in [-0.3, -0.25) is 0 Å². The lowest BCUT2D eigenvalue weighted by Gasteiger charge is -2.33. The van der Waals surface area contributed by atoms with Gasteiger partial charge in [0.25, 0.3) is 0 Å². The van der Waals surface area contributed by atoms with Gasteiger partial charge in [-0.05, 0) is 122 Å². The molecule has 0 saturated heterocycles. The molecule has 0 radical (unpaired) electrons. The van der Waals surface area contributed by atoms with E-state index in [9.17, 15) is 0 Å². The van der Waals surface area contributed by atoms with Crippen molar-refractivity contribution in [3.05, 3.63) is 103 Å². The van der Waals surface area contributed by atoms with Crippen molar-refractivity contribution in [1.82, 2.24) is 9.97 Å². The first-order valence-electron chi connectivity index (χ1n) is 25.0. The summed E-state index contributed by atoms with van der Waals surface area (Å²) in [6.07, 6.45) is 26.3. The van der Waals surface area contributed by atoms with E-state index in [1.165, 1.54) is 122 Å². The van der Waals surface area contributed by atoms with Gasteiger partial charge < -0.3 is 9.47 Å². The SMILES string of the molecule is CCCCCCC1(CCCCCC)c2cc(C)ccc2-c2ccc(-c3ccc(/C=c4\nc(OCC(CC)CCCC)/c(=C/c5ccc(C)s5)nc4OCC(CC)CCCC)s3)cc21. The highest BCUT2D eigenvalue weighted by atomic mass is 32.1. The fraction of sp³-hybridized carbons (Fsp3) is 0.544. The number of nitrogens with zero attached hydrogens (tertiary/aromatic N) is 2. The van der Waals surface area contributed by atoms with Crippen LogP contribution in [0.25, 0.3) is 33.7 Å². The lowest BCUT2D eigenvalue weighted by Crippen LogP contribution is -2.28. The Morgan fingerprint density at radius 1 is 0.556 bits per heavy atom. The lowest BCUT2D eigenvalue weighted by molar-refractivity contribution is 0.211. The second kappa shape index (κ2) is 24.5. The predicted molar refractivity (Wildman–Crippen MR) is 273 cm³/mol. The van der Waals surface area contributed by atoms with Crippen molar-refractivity contribution >= 4 is 34.8 Å². The van der Waals surface area contributed by atoms with Crippen LogP contribution in [0.3, 0.4) is 0 Å². The molecule has 2 atom stereocenters. The number of thiophene rings is 2. The Labute approximate surface area is 389 Å². The van der Waals surface area contributed by atoms with Crippen molar-refractivity contribution in [3.8, 4) is 33.3 Å². The summed E-state index contributed by atoms with van der Waals surface area (Å²) in [5.74, 6) is 2.13. The Hall–Kier alpha value is -3.74. The first-order chi connectivity index (χ1) is 30.7. The summed E-state index contributed by atoms with van der Waals surface area (Å²) >= 11 is 3.60. The van der Waals surface area contributed by atoms with Gasteiger partial charge in [-0.2, -0.15) is 0 Å². The highest BCUT2D eigenvalue weighted by Gasteiger charge is 2.42. The van der Waals surface area contributed by atoms with Crippen molar-refractivity contribution in [3.63, 3.8) is 0 Å². The third-order valence-electron chi connectivity index (χ3n) is 13.5. The van der Waals surface area contributed by atoms with Gasteiger partial charge in [0.05, 0.1) is 13.2 Å². The van der Waals surface area contributed by atoms with Crippen LogP contribution >= 0.6 is 22.7 Å². The van der Waals surface area contributed by atoms with Gasteiger partial charge in [-0.15, -0.1) is 22.7 Å². The first-order valence-corrected chi connectivity index (χ1v) is 26.7. The maximum absolute atomic E-state index is 6.72. The molecule has 2 aromatic carbocycles. The molecule has 0 fully saturated rings. The molecule has 2 unspecified atom stereocenters. The number of rotatable bonds is 27. The Bertz CT molecular complexity index is 2290. The third kappa shape index (κ3) is 12.8. The summed E-state index contributed by atoms with van der Waals surface area (Å²) in [5.41, 5.74) is 8.72. The molecule has 0 amide bonds. The highest BCUT2D eigenvalue weighted by Crippen LogP contribution is 2.55. The summed E-state index contributed by atoms with van der Waals surface area (Å²) in [4.78, 5) is 15.4. The maximum Gasteiger partial charge on any atom is 0.240 e. The molecule has 6 heteroatoms. The fourth-order valence-corrected chi connectivity index (χ4v) is 11.3. The zero-order chi connectivity index (χ0) is 44.6. The second-order valence-corrected chi connectivity index (χ2v) is 20.9. The van der Waals surface area contributed by atoms with E-state index in [1.54, 1.807) is 22.5 Å². The van der Waals surface area contributed by atoms with Gasteiger partial charge in [0.1, 0.15) is 10.7 Å². The van der Waals surface area contributed by atoms with Gasteiger partial charge in [0, 0.05) is 24.9 Å². The molecular formula is C57H78N2O2S2. The molecule has 0 bridgehead atoms. The van der Waals surface area contributed by atoms with Crippen LogP contribution in [0.4, 0.5) is 0 Å². The minimum atomic E-state index is 0.0556. The monoisotopic (exact) mass is 887 g/mol. The Morgan fingerprint density at radius 2 is 1.08 bits per heavy atom. The zero-order valence-corrected chi connectivity index (χ0v) is 41.9. The highest BCUT2D eigenvalue weighted by molar-refractivity contribution is 7.16. The molecule has 4 nitrogen and oxygen atoms in total. The van der Waals surface area contributed by atoms with E-state index in [2.05, 4.69) is 128 Å². The lowest BCUT2D eigenvalue weighted by atomic mass is 9.70. The Morgan fingerprint density at radius 3 is 1.60 bits per heavy atom. The molecule has 340 valence electrons. The van der Waals surface area contributed by atoms with Crippen molar-refractivity contribution in [2.75, 3.05) is 13.2 Å². The molecular weight excluding hydrogens is 809 g/mol. The molecule has 6 rings (SSSR count). The molecule has 0 aliphatic heterocycles. The number of aromatic nitrogens is 2. The van der Waals surface area contributed by atoms with Crippen LogP contribution < -0.4 is 20.2 Å². The van der Waals surface area contributed by atoms with E-state index in [1.807, 2.05) is 11.3 Å². The van der Waals surface area contributed by atoms with Gasteiger partial charge >= 0.3 is 0 Å². The van der Waals surface area contributed by atoms with E-state index in [-0.39, 0.29) is 5.41 Å².